The Labute approximate surface area is 150 Å². The van der Waals surface area contributed by atoms with Gasteiger partial charge in [0.1, 0.15) is 29.0 Å². The molecule has 0 amide bonds. The average molecular weight is 363 g/mol. The topological polar surface area (TPSA) is 43.4 Å². The van der Waals surface area contributed by atoms with Crippen LogP contribution in [-0.2, 0) is 16.0 Å². The maximum atomic E-state index is 12.1. The zero-order valence-corrected chi connectivity index (χ0v) is 14.7. The molecular weight excluding hydrogens is 347 g/mol. The van der Waals surface area contributed by atoms with E-state index in [1.807, 2.05) is 19.1 Å². The lowest BCUT2D eigenvalue weighted by Gasteiger charge is -2.15. The highest BCUT2D eigenvalue weighted by Crippen LogP contribution is 2.35. The van der Waals surface area contributed by atoms with E-state index in [0.717, 1.165) is 17.5 Å². The van der Waals surface area contributed by atoms with Crippen molar-refractivity contribution in [1.29, 1.82) is 0 Å². The highest BCUT2D eigenvalue weighted by Gasteiger charge is 2.35. The summed E-state index contributed by atoms with van der Waals surface area (Å²) in [5, 5.41) is 0.855. The van der Waals surface area contributed by atoms with E-state index in [1.165, 1.54) is 0 Å². The van der Waals surface area contributed by atoms with Crippen LogP contribution in [-0.4, -0.2) is 11.6 Å². The summed E-state index contributed by atoms with van der Waals surface area (Å²) in [4.78, 5) is 24.2. The summed E-state index contributed by atoms with van der Waals surface area (Å²) in [5.74, 6) is 0.428. The average Bonchev–Trinajstić information content (AvgIpc) is 2.89. The standard InChI is InChI=1S/C19H16Cl2O3/c1-2-11-3-4-12(24-13-5-6-15(20)16(21)10-13)9-14(11)19-17(22)7-8-18(19)23/h3-6,9-10,19H,2,7-8H2,1H3. The zero-order chi connectivity index (χ0) is 17.3. The molecule has 0 atom stereocenters. The SMILES string of the molecule is CCc1ccc(Oc2ccc(Cl)c(Cl)c2)cc1C1C(=O)CCC1=O. The van der Waals surface area contributed by atoms with Crippen molar-refractivity contribution in [3.8, 4) is 11.5 Å². The number of rotatable bonds is 4. The fourth-order valence-corrected chi connectivity index (χ4v) is 3.25. The van der Waals surface area contributed by atoms with Crippen LogP contribution < -0.4 is 4.74 Å². The summed E-state index contributed by atoms with van der Waals surface area (Å²) in [5.41, 5.74) is 1.74. The van der Waals surface area contributed by atoms with Crippen molar-refractivity contribution < 1.29 is 14.3 Å². The van der Waals surface area contributed by atoms with E-state index >= 15 is 0 Å². The highest BCUT2D eigenvalue weighted by molar-refractivity contribution is 6.42. The first-order valence-electron chi connectivity index (χ1n) is 7.80. The van der Waals surface area contributed by atoms with Crippen LogP contribution in [0.1, 0.15) is 36.8 Å². The molecule has 1 aliphatic carbocycles. The molecule has 0 bridgehead atoms. The molecule has 124 valence electrons. The summed E-state index contributed by atoms with van der Waals surface area (Å²) in [6.45, 7) is 2.00. The minimum Gasteiger partial charge on any atom is -0.457 e. The first kappa shape index (κ1) is 17.0. The van der Waals surface area contributed by atoms with E-state index in [4.69, 9.17) is 27.9 Å². The number of ketones is 2. The Morgan fingerprint density at radius 1 is 0.958 bits per heavy atom. The molecule has 0 saturated heterocycles. The molecule has 0 radical (unpaired) electrons. The van der Waals surface area contributed by atoms with Crippen molar-refractivity contribution in [2.24, 2.45) is 0 Å². The van der Waals surface area contributed by atoms with Crippen molar-refractivity contribution >= 4 is 34.8 Å². The van der Waals surface area contributed by atoms with Gasteiger partial charge in [-0.3, -0.25) is 9.59 Å². The molecule has 0 unspecified atom stereocenters. The first-order valence-corrected chi connectivity index (χ1v) is 8.56. The third-order valence-electron chi connectivity index (χ3n) is 4.20. The molecule has 0 spiro atoms. The maximum Gasteiger partial charge on any atom is 0.148 e. The number of hydrogen-bond acceptors (Lipinski definition) is 3. The van der Waals surface area contributed by atoms with Gasteiger partial charge in [0.25, 0.3) is 0 Å². The summed E-state index contributed by atoms with van der Waals surface area (Å²) in [6.07, 6.45) is 1.40. The van der Waals surface area contributed by atoms with E-state index < -0.39 is 5.92 Å². The molecule has 1 saturated carbocycles. The van der Waals surface area contributed by atoms with Gasteiger partial charge in [0, 0.05) is 18.9 Å². The fraction of sp³-hybridized carbons (Fsp3) is 0.263. The lowest BCUT2D eigenvalue weighted by Crippen LogP contribution is -2.14. The van der Waals surface area contributed by atoms with Crippen molar-refractivity contribution in [2.75, 3.05) is 0 Å². The Hall–Kier alpha value is -1.84. The van der Waals surface area contributed by atoms with Crippen molar-refractivity contribution in [3.63, 3.8) is 0 Å². The maximum absolute atomic E-state index is 12.1. The van der Waals surface area contributed by atoms with Crippen LogP contribution in [0, 0.1) is 0 Å². The van der Waals surface area contributed by atoms with Gasteiger partial charge in [-0.2, -0.15) is 0 Å². The second-order valence-corrected chi connectivity index (χ2v) is 6.57. The van der Waals surface area contributed by atoms with Gasteiger partial charge < -0.3 is 4.74 Å². The van der Waals surface area contributed by atoms with E-state index in [-0.39, 0.29) is 11.6 Å². The Morgan fingerprint density at radius 3 is 2.21 bits per heavy atom. The van der Waals surface area contributed by atoms with Crippen LogP contribution in [0.2, 0.25) is 10.0 Å². The number of carbonyl (C=O) groups is 2. The molecule has 3 rings (SSSR count). The number of aryl methyl sites for hydroxylation is 1. The van der Waals surface area contributed by atoms with Gasteiger partial charge in [0.15, 0.2) is 0 Å². The van der Waals surface area contributed by atoms with E-state index in [1.54, 1.807) is 24.3 Å². The molecule has 1 fully saturated rings. The van der Waals surface area contributed by atoms with Crippen LogP contribution in [0.25, 0.3) is 0 Å². The number of halogens is 2. The normalized spacial score (nSPS) is 15.1. The summed E-state index contributed by atoms with van der Waals surface area (Å²) in [6, 6.07) is 10.5. The monoisotopic (exact) mass is 362 g/mol. The molecule has 0 aliphatic heterocycles. The van der Waals surface area contributed by atoms with E-state index in [2.05, 4.69) is 0 Å². The van der Waals surface area contributed by atoms with Crippen LogP contribution in [0.5, 0.6) is 11.5 Å². The summed E-state index contributed by atoms with van der Waals surface area (Å²) >= 11 is 11.9. The second-order valence-electron chi connectivity index (χ2n) is 5.76. The van der Waals surface area contributed by atoms with Crippen molar-refractivity contribution in [3.05, 3.63) is 57.6 Å². The Kier molecular flexibility index (Phi) is 4.93. The molecule has 0 heterocycles. The van der Waals surface area contributed by atoms with Crippen molar-refractivity contribution in [1.82, 2.24) is 0 Å². The number of carbonyl (C=O) groups excluding carboxylic acids is 2. The predicted molar refractivity (Wildman–Crippen MR) is 94.3 cm³/mol. The number of ether oxygens (including phenoxy) is 1. The smallest absolute Gasteiger partial charge is 0.148 e. The zero-order valence-electron chi connectivity index (χ0n) is 13.1. The van der Waals surface area contributed by atoms with Gasteiger partial charge in [-0.25, -0.2) is 0 Å². The molecule has 0 N–H and O–H groups in total. The van der Waals surface area contributed by atoms with Crippen LogP contribution in [0.4, 0.5) is 0 Å². The third kappa shape index (κ3) is 3.33. The number of benzene rings is 2. The Bertz CT molecular complexity index is 798. The minimum atomic E-state index is -0.655. The van der Waals surface area contributed by atoms with Gasteiger partial charge >= 0.3 is 0 Å². The van der Waals surface area contributed by atoms with Gasteiger partial charge in [-0.15, -0.1) is 0 Å². The highest BCUT2D eigenvalue weighted by atomic mass is 35.5. The molecule has 5 heteroatoms. The molecule has 3 nitrogen and oxygen atoms in total. The quantitative estimate of drug-likeness (QED) is 0.687. The van der Waals surface area contributed by atoms with Crippen LogP contribution in [0.15, 0.2) is 36.4 Å². The number of hydrogen-bond donors (Lipinski definition) is 0. The lowest BCUT2D eigenvalue weighted by atomic mass is 9.90. The van der Waals surface area contributed by atoms with Crippen molar-refractivity contribution in [2.45, 2.75) is 32.1 Å². The molecule has 0 aromatic heterocycles. The van der Waals surface area contributed by atoms with Crippen LogP contribution >= 0.6 is 23.2 Å². The lowest BCUT2D eigenvalue weighted by molar-refractivity contribution is -0.123. The number of Topliss-reactive ketones (excluding diaryl/α,β-unsaturated/α-hetero) is 2. The predicted octanol–water partition coefficient (Wildman–Crippen LogP) is 5.36. The van der Waals surface area contributed by atoms with Gasteiger partial charge in [-0.05, 0) is 41.8 Å². The Morgan fingerprint density at radius 2 is 1.58 bits per heavy atom. The largest absolute Gasteiger partial charge is 0.457 e. The Balaban J connectivity index is 1.95. The van der Waals surface area contributed by atoms with Crippen LogP contribution in [0.3, 0.4) is 0 Å². The molecule has 2 aromatic carbocycles. The van der Waals surface area contributed by atoms with Gasteiger partial charge in [0.05, 0.1) is 10.0 Å². The fourth-order valence-electron chi connectivity index (χ4n) is 2.97. The first-order chi connectivity index (χ1) is 11.5. The summed E-state index contributed by atoms with van der Waals surface area (Å²) in [7, 11) is 0. The molecule has 24 heavy (non-hydrogen) atoms. The molecule has 1 aliphatic rings. The third-order valence-corrected chi connectivity index (χ3v) is 4.94. The molecule has 2 aromatic rings. The van der Waals surface area contributed by atoms with E-state index in [9.17, 15) is 9.59 Å². The minimum absolute atomic E-state index is 0.0126. The van der Waals surface area contributed by atoms with Gasteiger partial charge in [-0.1, -0.05) is 36.2 Å². The second kappa shape index (κ2) is 6.96. The molecular formula is C19H16Cl2O3. The van der Waals surface area contributed by atoms with Gasteiger partial charge in [0.2, 0.25) is 0 Å². The summed E-state index contributed by atoms with van der Waals surface area (Å²) < 4.78 is 5.82. The van der Waals surface area contributed by atoms with E-state index in [0.29, 0.717) is 34.4 Å².